The van der Waals surface area contributed by atoms with Crippen molar-refractivity contribution in [1.82, 2.24) is 4.90 Å². The van der Waals surface area contributed by atoms with Crippen LogP contribution in [0.3, 0.4) is 0 Å². The van der Waals surface area contributed by atoms with Crippen molar-refractivity contribution in [3.8, 4) is 0 Å². The Bertz CT molecular complexity index is 140. The largest absolute Gasteiger partial charge is 0.303 e. The Morgan fingerprint density at radius 3 is 3.00 bits per heavy atom. The van der Waals surface area contributed by atoms with Gasteiger partial charge in [-0.25, -0.2) is 0 Å². The molecule has 0 bridgehead atoms. The van der Waals surface area contributed by atoms with Gasteiger partial charge in [0.2, 0.25) is 0 Å². The van der Waals surface area contributed by atoms with Crippen LogP contribution >= 0.6 is 0 Å². The number of allylic oxidation sites excluding steroid dienone is 1. The Kier molecular flexibility index (Phi) is 4.37. The number of rotatable bonds is 4. The molecular formula is C11H21N. The van der Waals surface area contributed by atoms with Gasteiger partial charge in [-0.2, -0.15) is 0 Å². The number of likely N-dealkylation sites (tertiary alicyclic amines) is 1. The molecule has 0 aromatic heterocycles. The first kappa shape index (κ1) is 9.79. The Balaban J connectivity index is 2.16. The van der Waals surface area contributed by atoms with Crippen molar-refractivity contribution in [3.05, 3.63) is 12.2 Å². The van der Waals surface area contributed by atoms with E-state index in [1.807, 2.05) is 0 Å². The van der Waals surface area contributed by atoms with E-state index in [9.17, 15) is 0 Å². The van der Waals surface area contributed by atoms with Gasteiger partial charge in [0, 0.05) is 6.54 Å². The molecule has 0 aromatic rings. The van der Waals surface area contributed by atoms with E-state index in [-0.39, 0.29) is 0 Å². The van der Waals surface area contributed by atoms with Crippen LogP contribution in [0.2, 0.25) is 0 Å². The predicted molar refractivity (Wildman–Crippen MR) is 54.3 cm³/mol. The molecule has 1 heteroatoms. The molecule has 0 N–H and O–H groups in total. The summed E-state index contributed by atoms with van der Waals surface area (Å²) in [6.45, 7) is 8.30. The number of hydrogen-bond acceptors (Lipinski definition) is 1. The van der Waals surface area contributed by atoms with Crippen molar-refractivity contribution in [2.75, 3.05) is 19.6 Å². The second kappa shape index (κ2) is 5.36. The molecule has 1 rings (SSSR count). The summed E-state index contributed by atoms with van der Waals surface area (Å²) in [6, 6.07) is 0. The highest BCUT2D eigenvalue weighted by atomic mass is 15.1. The molecule has 1 aliphatic heterocycles. The van der Waals surface area contributed by atoms with Gasteiger partial charge in [0.1, 0.15) is 0 Å². The fourth-order valence-corrected chi connectivity index (χ4v) is 1.88. The van der Waals surface area contributed by atoms with Crippen molar-refractivity contribution in [3.63, 3.8) is 0 Å². The molecule has 0 aromatic carbocycles. The van der Waals surface area contributed by atoms with Gasteiger partial charge in [-0.1, -0.05) is 25.5 Å². The molecule has 70 valence electrons. The maximum Gasteiger partial charge on any atom is 0.00448 e. The summed E-state index contributed by atoms with van der Waals surface area (Å²) in [7, 11) is 0. The Labute approximate surface area is 76.5 Å². The van der Waals surface area contributed by atoms with E-state index in [1.54, 1.807) is 0 Å². The quantitative estimate of drug-likeness (QED) is 0.582. The summed E-state index contributed by atoms with van der Waals surface area (Å²) < 4.78 is 0. The van der Waals surface area contributed by atoms with Crippen LogP contribution in [0.1, 0.15) is 33.1 Å². The van der Waals surface area contributed by atoms with Gasteiger partial charge in [-0.15, -0.1) is 0 Å². The Morgan fingerprint density at radius 2 is 2.33 bits per heavy atom. The molecule has 1 nitrogen and oxygen atoms in total. The maximum atomic E-state index is 2.59. The SMILES string of the molecule is C/C=C\C1CCN(CCCC)C1. The van der Waals surface area contributed by atoms with Crippen LogP contribution in [-0.4, -0.2) is 24.5 Å². The molecule has 0 aliphatic carbocycles. The predicted octanol–water partition coefficient (Wildman–Crippen LogP) is 2.68. The van der Waals surface area contributed by atoms with Gasteiger partial charge < -0.3 is 4.90 Å². The van der Waals surface area contributed by atoms with Crippen molar-refractivity contribution in [1.29, 1.82) is 0 Å². The third kappa shape index (κ3) is 2.98. The molecule has 1 heterocycles. The molecule has 1 atom stereocenters. The van der Waals surface area contributed by atoms with Crippen molar-refractivity contribution < 1.29 is 0 Å². The van der Waals surface area contributed by atoms with Crippen LogP contribution in [-0.2, 0) is 0 Å². The van der Waals surface area contributed by atoms with E-state index in [2.05, 4.69) is 30.9 Å². The lowest BCUT2D eigenvalue weighted by atomic mass is 10.1. The minimum absolute atomic E-state index is 0.840. The summed E-state index contributed by atoms with van der Waals surface area (Å²) in [5.74, 6) is 0.840. The summed E-state index contributed by atoms with van der Waals surface area (Å²) in [6.07, 6.45) is 8.60. The molecular weight excluding hydrogens is 146 g/mol. The monoisotopic (exact) mass is 167 g/mol. The molecule has 0 radical (unpaired) electrons. The summed E-state index contributed by atoms with van der Waals surface area (Å²) in [4.78, 5) is 2.59. The molecule has 0 amide bonds. The highest BCUT2D eigenvalue weighted by Gasteiger charge is 2.18. The summed E-state index contributed by atoms with van der Waals surface area (Å²) in [5.41, 5.74) is 0. The van der Waals surface area contributed by atoms with E-state index < -0.39 is 0 Å². The zero-order chi connectivity index (χ0) is 8.81. The van der Waals surface area contributed by atoms with Gasteiger partial charge in [-0.05, 0) is 38.8 Å². The van der Waals surface area contributed by atoms with Crippen LogP contribution in [0.15, 0.2) is 12.2 Å². The fourth-order valence-electron chi connectivity index (χ4n) is 1.88. The average molecular weight is 167 g/mol. The molecule has 0 spiro atoms. The number of unbranched alkanes of at least 4 members (excludes halogenated alkanes) is 1. The average Bonchev–Trinajstić information content (AvgIpc) is 2.50. The molecule has 1 fully saturated rings. The third-order valence-electron chi connectivity index (χ3n) is 2.60. The smallest absolute Gasteiger partial charge is 0.00448 e. The molecule has 12 heavy (non-hydrogen) atoms. The van der Waals surface area contributed by atoms with E-state index in [4.69, 9.17) is 0 Å². The molecule has 1 unspecified atom stereocenters. The second-order valence-electron chi connectivity index (χ2n) is 3.73. The van der Waals surface area contributed by atoms with Gasteiger partial charge in [0.15, 0.2) is 0 Å². The van der Waals surface area contributed by atoms with Gasteiger partial charge in [0.25, 0.3) is 0 Å². The van der Waals surface area contributed by atoms with E-state index in [1.165, 1.54) is 38.9 Å². The van der Waals surface area contributed by atoms with Crippen molar-refractivity contribution >= 4 is 0 Å². The van der Waals surface area contributed by atoms with Gasteiger partial charge in [0.05, 0.1) is 0 Å². The molecule has 1 saturated heterocycles. The molecule has 0 saturated carbocycles. The van der Waals surface area contributed by atoms with Gasteiger partial charge in [-0.3, -0.25) is 0 Å². The Hall–Kier alpha value is -0.300. The van der Waals surface area contributed by atoms with Crippen LogP contribution in [0.25, 0.3) is 0 Å². The lowest BCUT2D eigenvalue weighted by Gasteiger charge is -2.13. The minimum atomic E-state index is 0.840. The van der Waals surface area contributed by atoms with Gasteiger partial charge >= 0.3 is 0 Å². The normalized spacial score (nSPS) is 25.7. The summed E-state index contributed by atoms with van der Waals surface area (Å²) in [5, 5.41) is 0. The second-order valence-corrected chi connectivity index (χ2v) is 3.73. The number of hydrogen-bond donors (Lipinski definition) is 0. The van der Waals surface area contributed by atoms with Crippen LogP contribution in [0.5, 0.6) is 0 Å². The highest BCUT2D eigenvalue weighted by Crippen LogP contribution is 2.17. The van der Waals surface area contributed by atoms with Crippen LogP contribution < -0.4 is 0 Å². The van der Waals surface area contributed by atoms with Crippen molar-refractivity contribution in [2.45, 2.75) is 33.1 Å². The first-order chi connectivity index (χ1) is 5.86. The lowest BCUT2D eigenvalue weighted by molar-refractivity contribution is 0.325. The molecule has 1 aliphatic rings. The van der Waals surface area contributed by atoms with E-state index >= 15 is 0 Å². The zero-order valence-corrected chi connectivity index (χ0v) is 8.42. The highest BCUT2D eigenvalue weighted by molar-refractivity contribution is 4.91. The first-order valence-electron chi connectivity index (χ1n) is 5.22. The topological polar surface area (TPSA) is 3.24 Å². The maximum absolute atomic E-state index is 2.59. The van der Waals surface area contributed by atoms with Crippen molar-refractivity contribution in [2.24, 2.45) is 5.92 Å². The minimum Gasteiger partial charge on any atom is -0.303 e. The summed E-state index contributed by atoms with van der Waals surface area (Å²) >= 11 is 0. The standard InChI is InChI=1S/C11H21N/c1-3-5-8-12-9-7-11(10-12)6-4-2/h4,6,11H,3,5,7-10H2,1-2H3/b6-4-. The third-order valence-corrected chi connectivity index (χ3v) is 2.60. The fraction of sp³-hybridized carbons (Fsp3) is 0.818. The number of nitrogens with zero attached hydrogens (tertiary/aromatic N) is 1. The zero-order valence-electron chi connectivity index (χ0n) is 8.42. The van der Waals surface area contributed by atoms with Crippen LogP contribution in [0, 0.1) is 5.92 Å². The van der Waals surface area contributed by atoms with E-state index in [0.717, 1.165) is 5.92 Å². The lowest BCUT2D eigenvalue weighted by Crippen LogP contribution is -2.21. The van der Waals surface area contributed by atoms with Crippen LogP contribution in [0.4, 0.5) is 0 Å². The first-order valence-corrected chi connectivity index (χ1v) is 5.22. The van der Waals surface area contributed by atoms with E-state index in [0.29, 0.717) is 0 Å². The Morgan fingerprint density at radius 1 is 1.50 bits per heavy atom.